The monoisotopic (exact) mass is 287 g/mol. The highest BCUT2D eigenvalue weighted by atomic mass is 16.5. The van der Waals surface area contributed by atoms with Gasteiger partial charge in [-0.25, -0.2) is 4.68 Å². The largest absolute Gasteiger partial charge is 0.398 e. The van der Waals surface area contributed by atoms with E-state index in [1.807, 2.05) is 29.8 Å². The summed E-state index contributed by atoms with van der Waals surface area (Å²) >= 11 is 0. The van der Waals surface area contributed by atoms with E-state index in [9.17, 15) is 0 Å². The number of rotatable bonds is 2. The first-order valence-corrected chi connectivity index (χ1v) is 7.25. The number of hydrogen-bond acceptors (Lipinski definition) is 5. The van der Waals surface area contributed by atoms with Crippen molar-refractivity contribution < 1.29 is 4.74 Å². The van der Waals surface area contributed by atoms with E-state index in [-0.39, 0.29) is 11.6 Å². The van der Waals surface area contributed by atoms with Gasteiger partial charge in [-0.1, -0.05) is 12.1 Å². The predicted molar refractivity (Wildman–Crippen MR) is 80.7 cm³/mol. The standard InChI is InChI=1S/C15H21N5O/c1-10-5-4-6-12(13(10)16)14-17-18-19-20(14)11-7-8-21-15(2,3)9-11/h4-6,11H,7-9,16H2,1-3H3. The molecule has 0 spiro atoms. The SMILES string of the molecule is Cc1cccc(-c2nnnn2C2CCOC(C)(C)C2)c1N. The molecule has 6 nitrogen and oxygen atoms in total. The van der Waals surface area contributed by atoms with Gasteiger partial charge >= 0.3 is 0 Å². The van der Waals surface area contributed by atoms with Crippen LogP contribution in [0.25, 0.3) is 11.4 Å². The topological polar surface area (TPSA) is 78.8 Å². The Morgan fingerprint density at radius 1 is 1.38 bits per heavy atom. The van der Waals surface area contributed by atoms with Gasteiger partial charge in [0.1, 0.15) is 0 Å². The molecule has 0 amide bonds. The van der Waals surface area contributed by atoms with Gasteiger partial charge in [0.05, 0.1) is 11.6 Å². The van der Waals surface area contributed by atoms with Gasteiger partial charge < -0.3 is 10.5 Å². The third-order valence-corrected chi connectivity index (χ3v) is 4.07. The molecule has 0 radical (unpaired) electrons. The van der Waals surface area contributed by atoms with Crippen molar-refractivity contribution >= 4 is 5.69 Å². The summed E-state index contributed by atoms with van der Waals surface area (Å²) in [5, 5.41) is 12.2. The minimum Gasteiger partial charge on any atom is -0.398 e. The first-order chi connectivity index (χ1) is 9.98. The number of para-hydroxylation sites is 1. The van der Waals surface area contributed by atoms with E-state index in [1.54, 1.807) is 0 Å². The van der Waals surface area contributed by atoms with Crippen molar-refractivity contribution in [2.75, 3.05) is 12.3 Å². The minimum atomic E-state index is -0.149. The van der Waals surface area contributed by atoms with E-state index in [4.69, 9.17) is 10.5 Å². The summed E-state index contributed by atoms with van der Waals surface area (Å²) in [7, 11) is 0. The number of anilines is 1. The third-order valence-electron chi connectivity index (χ3n) is 4.07. The maximum atomic E-state index is 6.19. The van der Waals surface area contributed by atoms with Crippen molar-refractivity contribution in [2.45, 2.75) is 45.3 Å². The molecule has 0 saturated carbocycles. The molecule has 1 aromatic heterocycles. The number of aromatic nitrogens is 4. The molecular formula is C15H21N5O. The van der Waals surface area contributed by atoms with Gasteiger partial charge in [-0.05, 0) is 55.7 Å². The van der Waals surface area contributed by atoms with E-state index in [2.05, 4.69) is 29.4 Å². The molecule has 1 aromatic carbocycles. The molecule has 1 saturated heterocycles. The second kappa shape index (κ2) is 5.11. The summed E-state index contributed by atoms with van der Waals surface area (Å²) in [4.78, 5) is 0. The molecule has 2 heterocycles. The molecule has 1 fully saturated rings. The Morgan fingerprint density at radius 3 is 2.95 bits per heavy atom. The Balaban J connectivity index is 2.00. The quantitative estimate of drug-likeness (QED) is 0.858. The fourth-order valence-corrected chi connectivity index (χ4v) is 2.90. The summed E-state index contributed by atoms with van der Waals surface area (Å²) in [5.74, 6) is 0.735. The molecule has 6 heteroatoms. The molecular weight excluding hydrogens is 266 g/mol. The van der Waals surface area contributed by atoms with Crippen LogP contribution in [-0.2, 0) is 4.74 Å². The van der Waals surface area contributed by atoms with Crippen molar-refractivity contribution in [2.24, 2.45) is 0 Å². The van der Waals surface area contributed by atoms with E-state index in [0.717, 1.165) is 42.1 Å². The lowest BCUT2D eigenvalue weighted by atomic mass is 9.94. The number of hydrogen-bond donors (Lipinski definition) is 1. The average Bonchev–Trinajstić information content (AvgIpc) is 2.90. The second-order valence-electron chi connectivity index (χ2n) is 6.24. The zero-order valence-corrected chi connectivity index (χ0v) is 12.7. The molecule has 1 unspecified atom stereocenters. The lowest BCUT2D eigenvalue weighted by Crippen LogP contribution is -2.35. The molecule has 21 heavy (non-hydrogen) atoms. The first kappa shape index (κ1) is 14.0. The van der Waals surface area contributed by atoms with Crippen LogP contribution in [0.4, 0.5) is 5.69 Å². The highest BCUT2D eigenvalue weighted by Crippen LogP contribution is 2.35. The van der Waals surface area contributed by atoms with E-state index >= 15 is 0 Å². The molecule has 1 atom stereocenters. The van der Waals surface area contributed by atoms with Crippen molar-refractivity contribution in [1.82, 2.24) is 20.2 Å². The van der Waals surface area contributed by atoms with Crippen LogP contribution in [0.2, 0.25) is 0 Å². The lowest BCUT2D eigenvalue weighted by molar-refractivity contribution is -0.0707. The van der Waals surface area contributed by atoms with Gasteiger partial charge in [0.2, 0.25) is 0 Å². The second-order valence-corrected chi connectivity index (χ2v) is 6.24. The summed E-state index contributed by atoms with van der Waals surface area (Å²) < 4.78 is 7.67. The van der Waals surface area contributed by atoms with Gasteiger partial charge in [-0.3, -0.25) is 0 Å². The van der Waals surface area contributed by atoms with Crippen molar-refractivity contribution in [3.05, 3.63) is 23.8 Å². The number of ether oxygens (including phenoxy) is 1. The summed E-state index contributed by atoms with van der Waals surface area (Å²) in [6, 6.07) is 6.17. The van der Waals surface area contributed by atoms with Crippen LogP contribution in [0.15, 0.2) is 18.2 Å². The van der Waals surface area contributed by atoms with Gasteiger partial charge in [-0.2, -0.15) is 0 Å². The number of nitrogens with zero attached hydrogens (tertiary/aromatic N) is 4. The molecule has 2 aromatic rings. The van der Waals surface area contributed by atoms with Gasteiger partial charge in [0.15, 0.2) is 5.82 Å². The minimum absolute atomic E-state index is 0.149. The summed E-state index contributed by atoms with van der Waals surface area (Å²) in [5.41, 5.74) is 8.71. The Morgan fingerprint density at radius 2 is 2.19 bits per heavy atom. The van der Waals surface area contributed by atoms with Crippen LogP contribution in [0.3, 0.4) is 0 Å². The van der Waals surface area contributed by atoms with E-state index in [0.29, 0.717) is 0 Å². The van der Waals surface area contributed by atoms with Crippen molar-refractivity contribution in [3.63, 3.8) is 0 Å². The molecule has 0 bridgehead atoms. The maximum absolute atomic E-state index is 6.19. The number of benzene rings is 1. The lowest BCUT2D eigenvalue weighted by Gasteiger charge is -2.35. The molecule has 3 rings (SSSR count). The van der Waals surface area contributed by atoms with Gasteiger partial charge in [-0.15, -0.1) is 5.10 Å². The first-order valence-electron chi connectivity index (χ1n) is 7.25. The number of nitrogens with two attached hydrogens (primary N) is 1. The molecule has 1 aliphatic heterocycles. The zero-order valence-electron chi connectivity index (χ0n) is 12.7. The van der Waals surface area contributed by atoms with Gasteiger partial charge in [0.25, 0.3) is 0 Å². The van der Waals surface area contributed by atoms with Crippen LogP contribution in [-0.4, -0.2) is 32.4 Å². The molecule has 2 N–H and O–H groups in total. The van der Waals surface area contributed by atoms with E-state index in [1.165, 1.54) is 0 Å². The van der Waals surface area contributed by atoms with Crippen LogP contribution < -0.4 is 5.73 Å². The van der Waals surface area contributed by atoms with Crippen molar-refractivity contribution in [3.8, 4) is 11.4 Å². The highest BCUT2D eigenvalue weighted by Gasteiger charge is 2.32. The van der Waals surface area contributed by atoms with E-state index < -0.39 is 0 Å². The van der Waals surface area contributed by atoms with Gasteiger partial charge in [0, 0.05) is 17.9 Å². The molecule has 1 aliphatic rings. The fraction of sp³-hybridized carbons (Fsp3) is 0.533. The zero-order chi connectivity index (χ0) is 15.0. The Bertz CT molecular complexity index is 649. The highest BCUT2D eigenvalue weighted by molar-refractivity contribution is 5.74. The van der Waals surface area contributed by atoms with Crippen LogP contribution in [0.5, 0.6) is 0 Å². The summed E-state index contributed by atoms with van der Waals surface area (Å²) in [6.45, 7) is 6.92. The number of aryl methyl sites for hydroxylation is 1. The van der Waals surface area contributed by atoms with Crippen LogP contribution in [0.1, 0.15) is 38.3 Å². The normalized spacial score (nSPS) is 21.4. The Labute approximate surface area is 124 Å². The molecule has 0 aliphatic carbocycles. The summed E-state index contributed by atoms with van der Waals surface area (Å²) in [6.07, 6.45) is 1.80. The smallest absolute Gasteiger partial charge is 0.184 e. The number of nitrogen functional groups attached to an aromatic ring is 1. The average molecular weight is 287 g/mol. The fourth-order valence-electron chi connectivity index (χ4n) is 2.90. The maximum Gasteiger partial charge on any atom is 0.184 e. The predicted octanol–water partition coefficient (Wildman–Crippen LogP) is 2.36. The van der Waals surface area contributed by atoms with Crippen LogP contribution in [0, 0.1) is 6.92 Å². The van der Waals surface area contributed by atoms with Crippen molar-refractivity contribution in [1.29, 1.82) is 0 Å². The third kappa shape index (κ3) is 2.63. The number of tetrazole rings is 1. The Kier molecular flexibility index (Phi) is 3.41. The Hall–Kier alpha value is -1.95. The van der Waals surface area contributed by atoms with Crippen LogP contribution >= 0.6 is 0 Å². The molecule has 112 valence electrons.